The molecule has 0 aromatic carbocycles. The third-order valence-electron chi connectivity index (χ3n) is 4.81. The first-order chi connectivity index (χ1) is 8.36. The molecule has 0 aromatic heterocycles. The van der Waals surface area contributed by atoms with Crippen LogP contribution < -0.4 is 0 Å². The van der Waals surface area contributed by atoms with Crippen LogP contribution in [0, 0.1) is 5.92 Å². The molecule has 1 heterocycles. The summed E-state index contributed by atoms with van der Waals surface area (Å²) in [5.74, 6) is 0.876. The zero-order chi connectivity index (χ0) is 13.4. The first-order valence-corrected chi connectivity index (χ1v) is 7.40. The second-order valence-corrected chi connectivity index (χ2v) is 6.80. The molecule has 102 valence electrons. The molecule has 2 rings (SSSR count). The zero-order valence-corrected chi connectivity index (χ0v) is 12.6. The Hall–Kier alpha value is -0.275. The normalized spacial score (nSPS) is 30.4. The van der Waals surface area contributed by atoms with E-state index in [2.05, 4.69) is 40.7 Å². The molecule has 1 aliphatic carbocycles. The molecule has 0 amide bonds. The lowest BCUT2D eigenvalue weighted by Crippen LogP contribution is -2.41. The first kappa shape index (κ1) is 14.1. The van der Waals surface area contributed by atoms with E-state index in [0.29, 0.717) is 0 Å². The summed E-state index contributed by atoms with van der Waals surface area (Å²) >= 11 is 0. The molecule has 1 saturated heterocycles. The highest BCUT2D eigenvalue weighted by Crippen LogP contribution is 2.40. The Morgan fingerprint density at radius 3 is 2.28 bits per heavy atom. The van der Waals surface area contributed by atoms with Gasteiger partial charge in [-0.25, -0.2) is 0 Å². The highest BCUT2D eigenvalue weighted by atomic mass is 16.7. The van der Waals surface area contributed by atoms with Gasteiger partial charge in [0.15, 0.2) is 0 Å². The maximum absolute atomic E-state index is 6.11. The van der Waals surface area contributed by atoms with Gasteiger partial charge in [-0.05, 0) is 58.3 Å². The van der Waals surface area contributed by atoms with Crippen LogP contribution in [-0.4, -0.2) is 18.3 Å². The van der Waals surface area contributed by atoms with Gasteiger partial charge >= 0.3 is 7.12 Å². The Bertz CT molecular complexity index is 317. The number of hydrogen-bond acceptors (Lipinski definition) is 2. The Morgan fingerprint density at radius 2 is 1.83 bits per heavy atom. The first-order valence-electron chi connectivity index (χ1n) is 7.40. The van der Waals surface area contributed by atoms with Crippen LogP contribution in [0.4, 0.5) is 0 Å². The van der Waals surface area contributed by atoms with Gasteiger partial charge in [-0.15, -0.1) is 0 Å². The van der Waals surface area contributed by atoms with Gasteiger partial charge in [-0.2, -0.15) is 0 Å². The van der Waals surface area contributed by atoms with Gasteiger partial charge in [0.2, 0.25) is 0 Å². The molecule has 1 aliphatic heterocycles. The summed E-state index contributed by atoms with van der Waals surface area (Å²) in [5, 5.41) is 0. The maximum atomic E-state index is 6.11. The fraction of sp³-hybridized carbons (Fsp3) is 0.867. The van der Waals surface area contributed by atoms with Gasteiger partial charge < -0.3 is 9.31 Å². The molecule has 0 spiro atoms. The molecule has 18 heavy (non-hydrogen) atoms. The van der Waals surface area contributed by atoms with Crippen molar-refractivity contribution < 1.29 is 9.31 Å². The van der Waals surface area contributed by atoms with Crippen LogP contribution in [0.1, 0.15) is 66.7 Å². The maximum Gasteiger partial charge on any atom is 0.490 e. The molecule has 0 bridgehead atoms. The van der Waals surface area contributed by atoms with Crippen molar-refractivity contribution in [2.45, 2.75) is 77.9 Å². The van der Waals surface area contributed by atoms with Crippen molar-refractivity contribution in [1.29, 1.82) is 0 Å². The molecule has 0 N–H and O–H groups in total. The zero-order valence-electron chi connectivity index (χ0n) is 12.6. The van der Waals surface area contributed by atoms with Crippen LogP contribution in [0.25, 0.3) is 0 Å². The van der Waals surface area contributed by atoms with E-state index in [-0.39, 0.29) is 18.3 Å². The SMILES string of the molecule is CCCC1CC=C(B2OC(C)(C)C(C)(C)O2)CC1. The van der Waals surface area contributed by atoms with Crippen LogP contribution in [0.15, 0.2) is 11.5 Å². The van der Waals surface area contributed by atoms with Gasteiger partial charge in [0.25, 0.3) is 0 Å². The Morgan fingerprint density at radius 1 is 1.22 bits per heavy atom. The number of allylic oxidation sites excluding steroid dienone is 2. The molecular formula is C15H27BO2. The van der Waals surface area contributed by atoms with Gasteiger partial charge in [0, 0.05) is 0 Å². The fourth-order valence-electron chi connectivity index (χ4n) is 2.79. The fourth-order valence-corrected chi connectivity index (χ4v) is 2.79. The second kappa shape index (κ2) is 5.01. The summed E-state index contributed by atoms with van der Waals surface area (Å²) in [7, 11) is -0.113. The van der Waals surface area contributed by atoms with Crippen molar-refractivity contribution in [3.63, 3.8) is 0 Å². The third-order valence-corrected chi connectivity index (χ3v) is 4.81. The van der Waals surface area contributed by atoms with Crippen LogP contribution in [0.5, 0.6) is 0 Å². The van der Waals surface area contributed by atoms with E-state index < -0.39 is 0 Å². The van der Waals surface area contributed by atoms with Crippen LogP contribution in [0.2, 0.25) is 0 Å². The average molecular weight is 250 g/mol. The summed E-state index contributed by atoms with van der Waals surface area (Å²) in [5.41, 5.74) is 0.943. The smallest absolute Gasteiger partial charge is 0.400 e. The average Bonchev–Trinajstić information content (AvgIpc) is 2.50. The number of rotatable bonds is 3. The predicted octanol–water partition coefficient (Wildman–Crippen LogP) is 4.14. The number of hydrogen-bond donors (Lipinski definition) is 0. The van der Waals surface area contributed by atoms with Crippen molar-refractivity contribution >= 4 is 7.12 Å². The minimum atomic E-state index is -0.210. The Labute approximate surface area is 112 Å². The molecule has 0 aromatic rings. The van der Waals surface area contributed by atoms with Crippen molar-refractivity contribution in [1.82, 2.24) is 0 Å². The summed E-state index contributed by atoms with van der Waals surface area (Å²) < 4.78 is 12.2. The molecule has 2 aliphatic rings. The van der Waals surface area contributed by atoms with Crippen LogP contribution in [-0.2, 0) is 9.31 Å². The third kappa shape index (κ3) is 2.67. The molecule has 3 heteroatoms. The van der Waals surface area contributed by atoms with E-state index in [1.54, 1.807) is 0 Å². The lowest BCUT2D eigenvalue weighted by atomic mass is 9.70. The predicted molar refractivity (Wildman–Crippen MR) is 76.4 cm³/mol. The van der Waals surface area contributed by atoms with E-state index in [9.17, 15) is 0 Å². The van der Waals surface area contributed by atoms with Crippen molar-refractivity contribution in [3.8, 4) is 0 Å². The lowest BCUT2D eigenvalue weighted by molar-refractivity contribution is 0.00578. The lowest BCUT2D eigenvalue weighted by Gasteiger charge is -2.32. The molecule has 1 atom stereocenters. The summed E-state index contributed by atoms with van der Waals surface area (Å²) in [6.45, 7) is 10.8. The Kier molecular flexibility index (Phi) is 3.94. The van der Waals surface area contributed by atoms with E-state index in [0.717, 1.165) is 12.3 Å². The quantitative estimate of drug-likeness (QED) is 0.700. The van der Waals surface area contributed by atoms with Gasteiger partial charge in [-0.1, -0.05) is 25.8 Å². The van der Waals surface area contributed by atoms with E-state index in [1.807, 2.05) is 0 Å². The minimum Gasteiger partial charge on any atom is -0.400 e. The van der Waals surface area contributed by atoms with Gasteiger partial charge in [0.1, 0.15) is 0 Å². The summed E-state index contributed by atoms with van der Waals surface area (Å²) in [6.07, 6.45) is 8.65. The largest absolute Gasteiger partial charge is 0.490 e. The summed E-state index contributed by atoms with van der Waals surface area (Å²) in [6, 6.07) is 0. The minimum absolute atomic E-state index is 0.113. The highest BCUT2D eigenvalue weighted by Gasteiger charge is 2.52. The van der Waals surface area contributed by atoms with Crippen LogP contribution >= 0.6 is 0 Å². The van der Waals surface area contributed by atoms with E-state index in [1.165, 1.54) is 31.2 Å². The molecule has 1 fully saturated rings. The highest BCUT2D eigenvalue weighted by molar-refractivity contribution is 6.54. The van der Waals surface area contributed by atoms with Crippen molar-refractivity contribution in [2.24, 2.45) is 5.92 Å². The van der Waals surface area contributed by atoms with Crippen molar-refractivity contribution in [3.05, 3.63) is 11.5 Å². The Balaban J connectivity index is 1.99. The standard InChI is InChI=1S/C15H27BO2/c1-6-7-12-8-10-13(11-9-12)16-17-14(2,3)15(4,5)18-16/h10,12H,6-9,11H2,1-5H3. The van der Waals surface area contributed by atoms with Crippen LogP contribution in [0.3, 0.4) is 0 Å². The second-order valence-electron chi connectivity index (χ2n) is 6.80. The summed E-state index contributed by atoms with van der Waals surface area (Å²) in [4.78, 5) is 0. The molecular weight excluding hydrogens is 223 g/mol. The van der Waals surface area contributed by atoms with Gasteiger partial charge in [0.05, 0.1) is 11.2 Å². The van der Waals surface area contributed by atoms with E-state index >= 15 is 0 Å². The molecule has 2 nitrogen and oxygen atoms in total. The molecule has 1 unspecified atom stereocenters. The topological polar surface area (TPSA) is 18.5 Å². The van der Waals surface area contributed by atoms with Gasteiger partial charge in [-0.3, -0.25) is 0 Å². The molecule has 0 radical (unpaired) electrons. The molecule has 0 saturated carbocycles. The van der Waals surface area contributed by atoms with Crippen molar-refractivity contribution in [2.75, 3.05) is 0 Å². The monoisotopic (exact) mass is 250 g/mol. The van der Waals surface area contributed by atoms with E-state index in [4.69, 9.17) is 9.31 Å².